The van der Waals surface area contributed by atoms with Crippen molar-refractivity contribution in [3.05, 3.63) is 0 Å². The summed E-state index contributed by atoms with van der Waals surface area (Å²) in [5, 5.41) is 0. The van der Waals surface area contributed by atoms with Gasteiger partial charge in [0.05, 0.1) is 0 Å². The number of hydrogen-bond acceptors (Lipinski definition) is 0. The Morgan fingerprint density at radius 1 is 0.750 bits per heavy atom. The SMILES string of the molecule is [Cu].[Cu].[SiH3][SiH3]. The minimum absolute atomic E-state index is 0. The molecule has 2 radical (unpaired) electrons. The first kappa shape index (κ1) is 17.9. The normalized spacial score (nSPS) is 3.00. The second-order valence-corrected chi connectivity index (χ2v) is 0. The molecule has 0 aromatic heterocycles. The van der Waals surface area contributed by atoms with Crippen LogP contribution in [0.5, 0.6) is 0 Å². The molecule has 0 atom stereocenters. The summed E-state index contributed by atoms with van der Waals surface area (Å²) >= 11 is 0. The molecule has 0 nitrogen and oxygen atoms in total. The van der Waals surface area contributed by atoms with Crippen molar-refractivity contribution in [1.29, 1.82) is 0 Å². The van der Waals surface area contributed by atoms with Gasteiger partial charge in [0.1, 0.15) is 0 Å². The van der Waals surface area contributed by atoms with Gasteiger partial charge in [-0.05, 0) is 19.5 Å². The zero-order chi connectivity index (χ0) is 2.00. The van der Waals surface area contributed by atoms with Crippen LogP contribution in [0.15, 0.2) is 0 Å². The molecule has 0 fully saturated rings. The van der Waals surface area contributed by atoms with E-state index in [1.54, 1.807) is 0 Å². The number of hydrogen-bond donors (Lipinski definition) is 0. The Balaban J connectivity index is -0.00000000500. The molecule has 0 aliphatic carbocycles. The molecule has 0 N–H and O–H groups in total. The summed E-state index contributed by atoms with van der Waals surface area (Å²) < 4.78 is 0. The van der Waals surface area contributed by atoms with E-state index in [1.807, 2.05) is 0 Å². The van der Waals surface area contributed by atoms with Gasteiger partial charge in [-0.15, -0.1) is 0 Å². The summed E-state index contributed by atoms with van der Waals surface area (Å²) in [6, 6.07) is 0. The molecule has 4 heavy (non-hydrogen) atoms. The van der Waals surface area contributed by atoms with Crippen molar-refractivity contribution in [1.82, 2.24) is 0 Å². The summed E-state index contributed by atoms with van der Waals surface area (Å²) in [5.74, 6) is 0. The molecule has 0 rings (SSSR count). The Bertz CT molecular complexity index is 4.00. The van der Waals surface area contributed by atoms with Gasteiger partial charge >= 0.3 is 0 Å². The van der Waals surface area contributed by atoms with E-state index in [1.165, 1.54) is 19.5 Å². The molecule has 0 aliphatic heterocycles. The fourth-order valence-corrected chi connectivity index (χ4v) is 0. The first-order valence-corrected chi connectivity index (χ1v) is 9.00. The Hall–Kier alpha value is 1.47. The van der Waals surface area contributed by atoms with E-state index in [2.05, 4.69) is 0 Å². The van der Waals surface area contributed by atoms with Crippen molar-refractivity contribution in [2.45, 2.75) is 0 Å². The van der Waals surface area contributed by atoms with E-state index in [9.17, 15) is 0 Å². The van der Waals surface area contributed by atoms with Gasteiger partial charge in [-0.25, -0.2) is 0 Å². The molecule has 0 aliphatic rings. The van der Waals surface area contributed by atoms with Gasteiger partial charge in [0.15, 0.2) is 0 Å². The average Bonchev–Trinajstić information content (AvgIpc) is 1.00. The Kier molecular flexibility index (Phi) is 111. The third-order valence-corrected chi connectivity index (χ3v) is 0. The van der Waals surface area contributed by atoms with E-state index < -0.39 is 0 Å². The van der Waals surface area contributed by atoms with Crippen molar-refractivity contribution < 1.29 is 34.1 Å². The van der Waals surface area contributed by atoms with Gasteiger partial charge in [0, 0.05) is 34.1 Å². The zero-order valence-corrected chi connectivity index (χ0v) is 8.49. The summed E-state index contributed by atoms with van der Waals surface area (Å²) in [7, 11) is 2.89. The molecule has 4 heteroatoms. The molecule has 0 saturated heterocycles. The Morgan fingerprint density at radius 3 is 0.750 bits per heavy atom. The molecule has 0 aromatic rings. The fourth-order valence-electron chi connectivity index (χ4n) is 0. The molecular formula is H6Cu2Si2. The second kappa shape index (κ2) is 24.9. The molecule has 0 bridgehead atoms. The molecule has 0 amide bonds. The average molecular weight is 189 g/mol. The molecule has 0 spiro atoms. The molecule has 0 unspecified atom stereocenters. The van der Waals surface area contributed by atoms with Crippen molar-refractivity contribution in [2.75, 3.05) is 0 Å². The van der Waals surface area contributed by atoms with Gasteiger partial charge in [0.25, 0.3) is 0 Å². The van der Waals surface area contributed by atoms with Gasteiger partial charge in [-0.1, -0.05) is 0 Å². The summed E-state index contributed by atoms with van der Waals surface area (Å²) in [5.41, 5.74) is 0. The van der Waals surface area contributed by atoms with Gasteiger partial charge in [-0.3, -0.25) is 0 Å². The summed E-state index contributed by atoms with van der Waals surface area (Å²) in [6.45, 7) is 0. The topological polar surface area (TPSA) is 0 Å². The van der Waals surface area contributed by atoms with E-state index >= 15 is 0 Å². The third-order valence-electron chi connectivity index (χ3n) is 0. The van der Waals surface area contributed by atoms with Crippen LogP contribution in [0.3, 0.4) is 0 Å². The van der Waals surface area contributed by atoms with E-state index in [0.717, 1.165) is 0 Å². The maximum atomic E-state index is 1.44. The van der Waals surface area contributed by atoms with Crippen LogP contribution in [0, 0.1) is 0 Å². The van der Waals surface area contributed by atoms with Crippen LogP contribution in [0.2, 0.25) is 0 Å². The van der Waals surface area contributed by atoms with Crippen LogP contribution in [0.25, 0.3) is 0 Å². The minimum atomic E-state index is 0. The van der Waals surface area contributed by atoms with Crippen LogP contribution in [-0.4, -0.2) is 19.5 Å². The first-order chi connectivity index (χ1) is 1.00. The van der Waals surface area contributed by atoms with Crippen molar-refractivity contribution >= 4 is 19.5 Å². The van der Waals surface area contributed by atoms with E-state index in [0.29, 0.717) is 0 Å². The van der Waals surface area contributed by atoms with Crippen LogP contribution < -0.4 is 0 Å². The van der Waals surface area contributed by atoms with Gasteiger partial charge in [-0.2, -0.15) is 0 Å². The van der Waals surface area contributed by atoms with E-state index in [4.69, 9.17) is 0 Å². The third kappa shape index (κ3) is 9.79. The van der Waals surface area contributed by atoms with Crippen LogP contribution in [0.4, 0.5) is 0 Å². The molecular weight excluding hydrogens is 183 g/mol. The number of rotatable bonds is 0. The Labute approximate surface area is 53.7 Å². The van der Waals surface area contributed by atoms with Crippen LogP contribution >= 0.6 is 0 Å². The fraction of sp³-hybridized carbons (Fsp3) is 0. The molecule has 0 heterocycles. The standard InChI is InChI=1S/2Cu.H6Si2/c;;1-2/h;;1-2H3. The largest absolute Gasteiger partial charge is 0.0125 e. The van der Waals surface area contributed by atoms with Gasteiger partial charge in [0.2, 0.25) is 0 Å². The molecule has 0 saturated carbocycles. The summed E-state index contributed by atoms with van der Waals surface area (Å²) in [4.78, 5) is 0. The van der Waals surface area contributed by atoms with E-state index in [-0.39, 0.29) is 34.1 Å². The van der Waals surface area contributed by atoms with Crippen LogP contribution in [0.1, 0.15) is 0 Å². The second-order valence-electron chi connectivity index (χ2n) is 0. The van der Waals surface area contributed by atoms with Crippen LogP contribution in [-0.2, 0) is 34.1 Å². The van der Waals surface area contributed by atoms with Crippen molar-refractivity contribution in [3.8, 4) is 0 Å². The van der Waals surface area contributed by atoms with Gasteiger partial charge < -0.3 is 0 Å². The van der Waals surface area contributed by atoms with Crippen molar-refractivity contribution in [2.24, 2.45) is 0 Å². The maximum absolute atomic E-state index is 1.44. The smallest absolute Gasteiger partial charge is 0 e. The monoisotopic (exact) mass is 188 g/mol. The minimum Gasteiger partial charge on any atom is -0.0125 e. The maximum Gasteiger partial charge on any atom is 0 e. The zero-order valence-electron chi connectivity index (χ0n) is 2.60. The predicted octanol–water partition coefficient (Wildman–Crippen LogP) is -2.37. The van der Waals surface area contributed by atoms with Crippen molar-refractivity contribution in [3.63, 3.8) is 0 Å². The predicted molar refractivity (Wildman–Crippen MR) is 19.9 cm³/mol. The first-order valence-electron chi connectivity index (χ1n) is 1.00. The quantitative estimate of drug-likeness (QED) is 0.374. The molecule has 0 aromatic carbocycles. The Morgan fingerprint density at radius 2 is 0.750 bits per heavy atom. The summed E-state index contributed by atoms with van der Waals surface area (Å²) in [6.07, 6.45) is 0. The molecule has 36 valence electrons.